The van der Waals surface area contributed by atoms with Gasteiger partial charge in [0.1, 0.15) is 11.9 Å². The Hall–Kier alpha value is -1.54. The molecule has 1 aliphatic carbocycles. The van der Waals surface area contributed by atoms with Gasteiger partial charge < -0.3 is 10.5 Å². The Bertz CT molecular complexity index is 532. The lowest BCUT2D eigenvalue weighted by atomic mass is 9.93. The average Bonchev–Trinajstić information content (AvgIpc) is 2.42. The second-order valence-electron chi connectivity index (χ2n) is 5.08. The zero-order valence-corrected chi connectivity index (χ0v) is 10.5. The highest BCUT2D eigenvalue weighted by atomic mass is 16.5. The zero-order valence-electron chi connectivity index (χ0n) is 10.5. The van der Waals surface area contributed by atoms with Crippen LogP contribution in [0, 0.1) is 0 Å². The molecule has 2 N–H and O–H groups in total. The monoisotopic (exact) mass is 241 g/mol. The molecule has 0 radical (unpaired) electrons. The quantitative estimate of drug-likeness (QED) is 0.873. The summed E-state index contributed by atoms with van der Waals surface area (Å²) in [6.07, 6.45) is 4.78. The molecule has 1 fully saturated rings. The van der Waals surface area contributed by atoms with E-state index in [-0.39, 0.29) is 12.1 Å². The van der Waals surface area contributed by atoms with Crippen LogP contribution in [0.25, 0.3) is 10.8 Å². The molecule has 0 aromatic heterocycles. The minimum atomic E-state index is 0.171. The maximum absolute atomic E-state index is 6.16. The Labute approximate surface area is 108 Å². The lowest BCUT2D eigenvalue weighted by Gasteiger charge is -2.29. The molecule has 1 aliphatic rings. The highest BCUT2D eigenvalue weighted by molar-refractivity contribution is 5.88. The van der Waals surface area contributed by atoms with Gasteiger partial charge >= 0.3 is 0 Å². The lowest BCUT2D eigenvalue weighted by Crippen LogP contribution is -2.41. The van der Waals surface area contributed by atoms with Crippen LogP contribution in [-0.2, 0) is 0 Å². The van der Waals surface area contributed by atoms with Gasteiger partial charge in [-0.05, 0) is 30.7 Å². The van der Waals surface area contributed by atoms with Gasteiger partial charge in [-0.25, -0.2) is 0 Å². The van der Waals surface area contributed by atoms with Crippen molar-refractivity contribution in [3.05, 3.63) is 42.5 Å². The third-order valence-electron chi connectivity index (χ3n) is 3.78. The Kier molecular flexibility index (Phi) is 3.20. The largest absolute Gasteiger partial charge is 0.488 e. The molecule has 0 spiro atoms. The van der Waals surface area contributed by atoms with E-state index in [0.717, 1.165) is 18.6 Å². The van der Waals surface area contributed by atoms with Crippen molar-refractivity contribution < 1.29 is 4.74 Å². The number of hydrogen-bond donors (Lipinski definition) is 1. The molecule has 0 amide bonds. The molecule has 0 saturated heterocycles. The van der Waals surface area contributed by atoms with Crippen molar-refractivity contribution in [1.29, 1.82) is 0 Å². The molecular weight excluding hydrogens is 222 g/mol. The number of hydrogen-bond acceptors (Lipinski definition) is 2. The zero-order chi connectivity index (χ0) is 12.4. The summed E-state index contributed by atoms with van der Waals surface area (Å²) in [5, 5.41) is 2.40. The third kappa shape index (κ3) is 2.21. The van der Waals surface area contributed by atoms with Crippen molar-refractivity contribution in [1.82, 2.24) is 0 Å². The van der Waals surface area contributed by atoms with Crippen LogP contribution < -0.4 is 10.5 Å². The molecule has 2 aromatic rings. The molecule has 1 saturated carbocycles. The van der Waals surface area contributed by atoms with Gasteiger partial charge in [0, 0.05) is 11.4 Å². The van der Waals surface area contributed by atoms with Crippen molar-refractivity contribution in [2.24, 2.45) is 5.73 Å². The van der Waals surface area contributed by atoms with Gasteiger partial charge in [-0.1, -0.05) is 42.8 Å². The first-order chi connectivity index (χ1) is 8.84. The molecule has 2 unspecified atom stereocenters. The molecule has 0 bridgehead atoms. The van der Waals surface area contributed by atoms with Gasteiger partial charge in [0.05, 0.1) is 0 Å². The van der Waals surface area contributed by atoms with Crippen LogP contribution in [0.15, 0.2) is 42.5 Å². The Morgan fingerprint density at radius 1 is 0.944 bits per heavy atom. The van der Waals surface area contributed by atoms with E-state index in [1.54, 1.807) is 0 Å². The molecule has 2 aromatic carbocycles. The molecule has 0 aliphatic heterocycles. The summed E-state index contributed by atoms with van der Waals surface area (Å²) in [4.78, 5) is 0. The van der Waals surface area contributed by atoms with Crippen molar-refractivity contribution in [2.75, 3.05) is 0 Å². The van der Waals surface area contributed by atoms with E-state index in [2.05, 4.69) is 30.3 Å². The van der Waals surface area contributed by atoms with Crippen LogP contribution in [0.1, 0.15) is 25.7 Å². The first-order valence-electron chi connectivity index (χ1n) is 6.74. The van der Waals surface area contributed by atoms with E-state index in [1.807, 2.05) is 12.1 Å². The molecule has 3 rings (SSSR count). The molecule has 18 heavy (non-hydrogen) atoms. The van der Waals surface area contributed by atoms with Gasteiger partial charge in [0.15, 0.2) is 0 Å². The summed E-state index contributed by atoms with van der Waals surface area (Å²) >= 11 is 0. The van der Waals surface area contributed by atoms with Gasteiger partial charge in [-0.3, -0.25) is 0 Å². The third-order valence-corrected chi connectivity index (χ3v) is 3.78. The number of fused-ring (bicyclic) bond motifs is 1. The molecule has 2 heteroatoms. The fourth-order valence-corrected chi connectivity index (χ4v) is 2.73. The van der Waals surface area contributed by atoms with E-state index < -0.39 is 0 Å². The van der Waals surface area contributed by atoms with Crippen LogP contribution in [0.2, 0.25) is 0 Å². The van der Waals surface area contributed by atoms with Gasteiger partial charge in [0.2, 0.25) is 0 Å². The molecule has 2 atom stereocenters. The minimum Gasteiger partial charge on any atom is -0.488 e. The lowest BCUT2D eigenvalue weighted by molar-refractivity contribution is 0.134. The first kappa shape index (κ1) is 11.5. The van der Waals surface area contributed by atoms with E-state index >= 15 is 0 Å². The summed E-state index contributed by atoms with van der Waals surface area (Å²) in [7, 11) is 0. The summed E-state index contributed by atoms with van der Waals surface area (Å²) in [5.41, 5.74) is 6.15. The highest BCUT2D eigenvalue weighted by Crippen LogP contribution is 2.29. The fraction of sp³-hybridized carbons (Fsp3) is 0.375. The van der Waals surface area contributed by atoms with Crippen LogP contribution in [0.4, 0.5) is 0 Å². The Morgan fingerprint density at radius 3 is 2.61 bits per heavy atom. The van der Waals surface area contributed by atoms with Crippen molar-refractivity contribution >= 4 is 10.8 Å². The SMILES string of the molecule is NC1CCCCC1Oc1cccc2ccccc12. The first-order valence-corrected chi connectivity index (χ1v) is 6.74. The van der Waals surface area contributed by atoms with Crippen molar-refractivity contribution in [3.8, 4) is 5.75 Å². The topological polar surface area (TPSA) is 35.2 Å². The maximum atomic E-state index is 6.16. The summed E-state index contributed by atoms with van der Waals surface area (Å²) in [5.74, 6) is 0.968. The summed E-state index contributed by atoms with van der Waals surface area (Å²) < 4.78 is 6.16. The fourth-order valence-electron chi connectivity index (χ4n) is 2.73. The molecular formula is C16H19NO. The predicted molar refractivity (Wildman–Crippen MR) is 74.8 cm³/mol. The van der Waals surface area contributed by atoms with Crippen LogP contribution in [0.3, 0.4) is 0 Å². The van der Waals surface area contributed by atoms with Gasteiger partial charge in [-0.2, -0.15) is 0 Å². The second-order valence-corrected chi connectivity index (χ2v) is 5.08. The second kappa shape index (κ2) is 4.99. The average molecular weight is 241 g/mol. The Morgan fingerprint density at radius 2 is 1.72 bits per heavy atom. The van der Waals surface area contributed by atoms with Gasteiger partial charge in [-0.15, -0.1) is 0 Å². The van der Waals surface area contributed by atoms with Crippen LogP contribution in [0.5, 0.6) is 5.75 Å². The number of benzene rings is 2. The number of ether oxygens (including phenoxy) is 1. The van der Waals surface area contributed by atoms with E-state index in [9.17, 15) is 0 Å². The standard InChI is InChI=1S/C16H19NO/c17-14-9-3-4-10-16(14)18-15-11-5-7-12-6-1-2-8-13(12)15/h1-2,5-8,11,14,16H,3-4,9-10,17H2. The van der Waals surface area contributed by atoms with E-state index in [0.29, 0.717) is 0 Å². The predicted octanol–water partition coefficient (Wildman–Crippen LogP) is 3.49. The summed E-state index contributed by atoms with van der Waals surface area (Å²) in [6.45, 7) is 0. The van der Waals surface area contributed by atoms with Crippen LogP contribution >= 0.6 is 0 Å². The van der Waals surface area contributed by atoms with E-state index in [4.69, 9.17) is 10.5 Å². The normalized spacial score (nSPS) is 24.1. The highest BCUT2D eigenvalue weighted by Gasteiger charge is 2.23. The maximum Gasteiger partial charge on any atom is 0.127 e. The molecule has 2 nitrogen and oxygen atoms in total. The van der Waals surface area contributed by atoms with E-state index in [1.165, 1.54) is 23.6 Å². The van der Waals surface area contributed by atoms with Crippen molar-refractivity contribution in [3.63, 3.8) is 0 Å². The minimum absolute atomic E-state index is 0.171. The van der Waals surface area contributed by atoms with Gasteiger partial charge in [0.25, 0.3) is 0 Å². The summed E-state index contributed by atoms with van der Waals surface area (Å²) in [6, 6.07) is 14.7. The number of rotatable bonds is 2. The molecule has 94 valence electrons. The smallest absolute Gasteiger partial charge is 0.127 e. The number of nitrogens with two attached hydrogens (primary N) is 1. The van der Waals surface area contributed by atoms with Crippen molar-refractivity contribution in [2.45, 2.75) is 37.8 Å². The Balaban J connectivity index is 1.90. The molecule has 0 heterocycles. The van der Waals surface area contributed by atoms with Crippen LogP contribution in [-0.4, -0.2) is 12.1 Å².